The predicted molar refractivity (Wildman–Crippen MR) is 91.9 cm³/mol. The van der Waals surface area contributed by atoms with Crippen LogP contribution in [0.2, 0.25) is 0 Å². The summed E-state index contributed by atoms with van der Waals surface area (Å²) >= 11 is 0. The van der Waals surface area contributed by atoms with Crippen LogP contribution in [0, 0.1) is 0 Å². The minimum absolute atomic E-state index is 0.108. The number of amides is 1. The lowest BCUT2D eigenvalue weighted by Gasteiger charge is -2.14. The van der Waals surface area contributed by atoms with Gasteiger partial charge in [0, 0.05) is 16.7 Å². The molecule has 0 saturated heterocycles. The zero-order valence-corrected chi connectivity index (χ0v) is 14.5. The minimum Gasteiger partial charge on any atom is -0.493 e. The molecule has 24 heavy (non-hydrogen) atoms. The van der Waals surface area contributed by atoms with Gasteiger partial charge >= 0.3 is 0 Å². The zero-order chi connectivity index (χ0) is 17.7. The van der Waals surface area contributed by atoms with Crippen LogP contribution in [0.5, 0.6) is 11.5 Å². The second-order valence-corrected chi connectivity index (χ2v) is 6.20. The number of hydrogen-bond donors (Lipinski definition) is 2. The number of aromatic amines is 1. The van der Waals surface area contributed by atoms with Crippen molar-refractivity contribution in [2.24, 2.45) is 5.10 Å². The quantitative estimate of drug-likeness (QED) is 0.651. The monoisotopic (exact) mass is 330 g/mol. The lowest BCUT2D eigenvalue weighted by Crippen LogP contribution is -2.18. The third-order valence-corrected chi connectivity index (χ3v) is 3.42. The van der Waals surface area contributed by atoms with E-state index in [4.69, 9.17) is 9.47 Å². The highest BCUT2D eigenvalue weighted by Gasteiger charge is 2.19. The maximum Gasteiger partial charge on any atom is 0.291 e. The first-order valence-corrected chi connectivity index (χ1v) is 7.47. The number of carbonyl (C=O) groups is 1. The summed E-state index contributed by atoms with van der Waals surface area (Å²) in [5.74, 6) is 0.752. The third kappa shape index (κ3) is 3.92. The molecule has 0 atom stereocenters. The van der Waals surface area contributed by atoms with E-state index in [0.29, 0.717) is 17.1 Å². The van der Waals surface area contributed by atoms with Crippen molar-refractivity contribution in [3.63, 3.8) is 0 Å². The Kier molecular flexibility index (Phi) is 5.23. The predicted octanol–water partition coefficient (Wildman–Crippen LogP) is 2.49. The molecule has 0 fully saturated rings. The van der Waals surface area contributed by atoms with Crippen LogP contribution in [-0.4, -0.2) is 36.5 Å². The van der Waals surface area contributed by atoms with E-state index in [1.807, 2.05) is 32.9 Å². The van der Waals surface area contributed by atoms with Gasteiger partial charge in [-0.25, -0.2) is 5.43 Å². The number of aromatic nitrogens is 2. The third-order valence-electron chi connectivity index (χ3n) is 3.42. The minimum atomic E-state index is -0.389. The first kappa shape index (κ1) is 17.5. The first-order valence-electron chi connectivity index (χ1n) is 7.47. The molecule has 0 aliphatic carbocycles. The van der Waals surface area contributed by atoms with E-state index < -0.39 is 0 Å². The molecule has 1 heterocycles. The van der Waals surface area contributed by atoms with E-state index >= 15 is 0 Å². The van der Waals surface area contributed by atoms with Crippen LogP contribution in [0.15, 0.2) is 29.4 Å². The van der Waals surface area contributed by atoms with Crippen molar-refractivity contribution >= 4 is 12.1 Å². The summed E-state index contributed by atoms with van der Waals surface area (Å²) in [5.41, 5.74) is 4.20. The Hall–Kier alpha value is -2.83. The van der Waals surface area contributed by atoms with E-state index in [0.717, 1.165) is 5.69 Å². The molecule has 0 aliphatic heterocycles. The highest BCUT2D eigenvalue weighted by molar-refractivity contribution is 5.93. The van der Waals surface area contributed by atoms with Gasteiger partial charge in [0.1, 0.15) is 0 Å². The number of rotatable bonds is 5. The molecule has 0 aliphatic rings. The Balaban J connectivity index is 2.09. The lowest BCUT2D eigenvalue weighted by molar-refractivity contribution is 0.0950. The summed E-state index contributed by atoms with van der Waals surface area (Å²) in [4.78, 5) is 12.1. The SMILES string of the molecule is COc1cccc(/C=N\NC(=O)c2cc(C(C)(C)C)[nH]n2)c1OC. The summed E-state index contributed by atoms with van der Waals surface area (Å²) in [6.07, 6.45) is 1.50. The van der Waals surface area contributed by atoms with Gasteiger partial charge in [-0.1, -0.05) is 26.8 Å². The smallest absolute Gasteiger partial charge is 0.291 e. The van der Waals surface area contributed by atoms with Crippen molar-refractivity contribution in [2.75, 3.05) is 14.2 Å². The van der Waals surface area contributed by atoms with E-state index in [-0.39, 0.29) is 17.0 Å². The molecule has 1 aromatic carbocycles. The van der Waals surface area contributed by atoms with Crippen LogP contribution in [0.1, 0.15) is 42.5 Å². The number of hydrazone groups is 1. The zero-order valence-electron chi connectivity index (χ0n) is 14.5. The Morgan fingerprint density at radius 1 is 1.29 bits per heavy atom. The van der Waals surface area contributed by atoms with E-state index in [1.54, 1.807) is 26.4 Å². The van der Waals surface area contributed by atoms with Gasteiger partial charge in [-0.15, -0.1) is 0 Å². The Morgan fingerprint density at radius 3 is 2.62 bits per heavy atom. The van der Waals surface area contributed by atoms with Gasteiger partial charge in [-0.3, -0.25) is 9.89 Å². The molecule has 2 rings (SSSR count). The van der Waals surface area contributed by atoms with Crippen LogP contribution < -0.4 is 14.9 Å². The molecule has 2 aromatic rings. The molecule has 7 nitrogen and oxygen atoms in total. The number of nitrogens with zero attached hydrogens (tertiary/aromatic N) is 2. The average molecular weight is 330 g/mol. The standard InChI is InChI=1S/C17H22N4O3/c1-17(2,3)14-9-12(19-20-14)16(22)21-18-10-11-7-6-8-13(23-4)15(11)24-5/h6-10H,1-5H3,(H,19,20)(H,21,22)/b18-10-. The number of carbonyl (C=O) groups excluding carboxylic acids is 1. The van der Waals surface area contributed by atoms with Crippen LogP contribution in [0.4, 0.5) is 0 Å². The molecule has 0 unspecified atom stereocenters. The maximum absolute atomic E-state index is 12.1. The molecule has 0 bridgehead atoms. The molecular weight excluding hydrogens is 308 g/mol. The van der Waals surface area contributed by atoms with Crippen LogP contribution >= 0.6 is 0 Å². The normalized spacial score (nSPS) is 11.5. The lowest BCUT2D eigenvalue weighted by atomic mass is 9.92. The molecule has 0 spiro atoms. The highest BCUT2D eigenvalue weighted by atomic mass is 16.5. The number of benzene rings is 1. The Bertz CT molecular complexity index is 745. The number of ether oxygens (including phenoxy) is 2. The number of H-pyrrole nitrogens is 1. The van der Waals surface area contributed by atoms with Gasteiger partial charge in [0.05, 0.1) is 20.4 Å². The van der Waals surface area contributed by atoms with Gasteiger partial charge < -0.3 is 9.47 Å². The van der Waals surface area contributed by atoms with E-state index in [1.165, 1.54) is 6.21 Å². The van der Waals surface area contributed by atoms with Crippen molar-refractivity contribution in [3.05, 3.63) is 41.2 Å². The molecule has 128 valence electrons. The molecule has 1 amide bonds. The number of hydrogen-bond acceptors (Lipinski definition) is 5. The summed E-state index contributed by atoms with van der Waals surface area (Å²) in [7, 11) is 3.11. The van der Waals surface area contributed by atoms with Gasteiger partial charge in [0.25, 0.3) is 5.91 Å². The topological polar surface area (TPSA) is 88.6 Å². The fourth-order valence-electron chi connectivity index (χ4n) is 2.05. The van der Waals surface area contributed by atoms with Crippen molar-refractivity contribution in [3.8, 4) is 11.5 Å². The van der Waals surface area contributed by atoms with E-state index in [2.05, 4.69) is 20.7 Å². The second kappa shape index (κ2) is 7.16. The van der Waals surface area contributed by atoms with Crippen molar-refractivity contribution in [1.82, 2.24) is 15.6 Å². The van der Waals surface area contributed by atoms with Gasteiger partial charge in [-0.05, 0) is 18.2 Å². The van der Waals surface area contributed by atoms with Gasteiger partial charge in [-0.2, -0.15) is 10.2 Å². The number of nitrogens with one attached hydrogen (secondary N) is 2. The maximum atomic E-state index is 12.1. The molecule has 2 N–H and O–H groups in total. The molecule has 1 aromatic heterocycles. The van der Waals surface area contributed by atoms with Gasteiger partial charge in [0.2, 0.25) is 0 Å². The fraction of sp³-hybridized carbons (Fsp3) is 0.353. The Morgan fingerprint density at radius 2 is 2.04 bits per heavy atom. The van der Waals surface area contributed by atoms with Crippen LogP contribution in [0.3, 0.4) is 0 Å². The van der Waals surface area contributed by atoms with Crippen molar-refractivity contribution in [1.29, 1.82) is 0 Å². The van der Waals surface area contributed by atoms with Crippen LogP contribution in [0.25, 0.3) is 0 Å². The molecule has 7 heteroatoms. The second-order valence-electron chi connectivity index (χ2n) is 6.20. The number of methoxy groups -OCH3 is 2. The van der Waals surface area contributed by atoms with Crippen molar-refractivity contribution < 1.29 is 14.3 Å². The fourth-order valence-corrected chi connectivity index (χ4v) is 2.05. The molecule has 0 radical (unpaired) electrons. The summed E-state index contributed by atoms with van der Waals surface area (Å²) < 4.78 is 10.5. The van der Waals surface area contributed by atoms with E-state index in [9.17, 15) is 4.79 Å². The summed E-state index contributed by atoms with van der Waals surface area (Å²) in [6, 6.07) is 7.13. The average Bonchev–Trinajstić information content (AvgIpc) is 3.04. The van der Waals surface area contributed by atoms with Crippen molar-refractivity contribution in [2.45, 2.75) is 26.2 Å². The number of para-hydroxylation sites is 1. The highest BCUT2D eigenvalue weighted by Crippen LogP contribution is 2.29. The van der Waals surface area contributed by atoms with Gasteiger partial charge in [0.15, 0.2) is 17.2 Å². The molecule has 0 saturated carbocycles. The Labute approximate surface area is 141 Å². The summed E-state index contributed by atoms with van der Waals surface area (Å²) in [5, 5.41) is 10.8. The first-order chi connectivity index (χ1) is 11.4. The van der Waals surface area contributed by atoms with Crippen LogP contribution in [-0.2, 0) is 5.41 Å². The largest absolute Gasteiger partial charge is 0.493 e. The molecular formula is C17H22N4O3. The summed E-state index contributed by atoms with van der Waals surface area (Å²) in [6.45, 7) is 6.11.